The van der Waals surface area contributed by atoms with E-state index in [0.29, 0.717) is 41.5 Å². The summed E-state index contributed by atoms with van der Waals surface area (Å²) in [4.78, 5) is 16.1. The smallest absolute Gasteiger partial charge is 0.255 e. The molecule has 0 fully saturated rings. The highest BCUT2D eigenvalue weighted by Gasteiger charge is 2.15. The minimum absolute atomic E-state index is 0.305. The highest BCUT2D eigenvalue weighted by Crippen LogP contribution is 2.33. The molecule has 0 aliphatic heterocycles. The third-order valence-electron chi connectivity index (χ3n) is 2.99. The van der Waals surface area contributed by atoms with Gasteiger partial charge in [-0.25, -0.2) is 0 Å². The van der Waals surface area contributed by atoms with E-state index in [2.05, 4.69) is 16.4 Å². The number of rotatable bonds is 6. The second-order valence-electron chi connectivity index (χ2n) is 4.51. The van der Waals surface area contributed by atoms with E-state index >= 15 is 0 Å². The number of anilines is 1. The summed E-state index contributed by atoms with van der Waals surface area (Å²) in [5, 5.41) is 12.0. The van der Waals surface area contributed by atoms with Gasteiger partial charge in [-0.05, 0) is 26.0 Å². The van der Waals surface area contributed by atoms with Crippen molar-refractivity contribution in [3.05, 3.63) is 47.8 Å². The van der Waals surface area contributed by atoms with Gasteiger partial charge in [0.05, 0.1) is 24.5 Å². The van der Waals surface area contributed by atoms with Crippen LogP contribution in [0, 0.1) is 11.3 Å². The third-order valence-corrected chi connectivity index (χ3v) is 2.99. The third kappa shape index (κ3) is 3.98. The zero-order chi connectivity index (χ0) is 16.7. The van der Waals surface area contributed by atoms with E-state index in [0.717, 1.165) is 0 Å². The molecule has 6 heteroatoms. The number of ether oxygens (including phenoxy) is 2. The Labute approximate surface area is 134 Å². The average molecular weight is 311 g/mol. The Balaban J connectivity index is 2.35. The normalized spacial score (nSPS) is 9.78. The van der Waals surface area contributed by atoms with Gasteiger partial charge in [0.25, 0.3) is 5.91 Å². The molecule has 2 aromatic rings. The number of aromatic nitrogens is 1. The highest BCUT2D eigenvalue weighted by atomic mass is 16.5. The molecule has 1 aromatic carbocycles. The standard InChI is InChI=1S/C17H17N3O3/c1-3-22-15-9-13(11-18)14(10-16(15)23-4-2)20-17(21)12-5-7-19-8-6-12/h5-10H,3-4H2,1-2H3,(H,20,21). The number of carbonyl (C=O) groups is 1. The quantitative estimate of drug-likeness (QED) is 0.886. The maximum Gasteiger partial charge on any atom is 0.255 e. The maximum atomic E-state index is 12.2. The second kappa shape index (κ2) is 7.80. The maximum absolute atomic E-state index is 12.2. The van der Waals surface area contributed by atoms with E-state index in [1.807, 2.05) is 13.8 Å². The van der Waals surface area contributed by atoms with E-state index in [4.69, 9.17) is 9.47 Å². The molecule has 0 aliphatic carbocycles. The van der Waals surface area contributed by atoms with Crippen LogP contribution >= 0.6 is 0 Å². The molecule has 1 heterocycles. The first kappa shape index (κ1) is 16.3. The van der Waals surface area contributed by atoms with Crippen molar-refractivity contribution in [1.29, 1.82) is 5.26 Å². The monoisotopic (exact) mass is 311 g/mol. The van der Waals surface area contributed by atoms with Crippen molar-refractivity contribution in [2.24, 2.45) is 0 Å². The van der Waals surface area contributed by atoms with Crippen molar-refractivity contribution in [2.75, 3.05) is 18.5 Å². The summed E-state index contributed by atoms with van der Waals surface area (Å²) < 4.78 is 11.0. The van der Waals surface area contributed by atoms with Crippen LogP contribution in [0.1, 0.15) is 29.8 Å². The second-order valence-corrected chi connectivity index (χ2v) is 4.51. The topological polar surface area (TPSA) is 84.2 Å². The molecule has 23 heavy (non-hydrogen) atoms. The van der Waals surface area contributed by atoms with E-state index < -0.39 is 0 Å². The molecule has 1 aromatic heterocycles. The summed E-state index contributed by atoms with van der Waals surface area (Å²) in [6.45, 7) is 4.60. The van der Waals surface area contributed by atoms with Gasteiger partial charge in [-0.3, -0.25) is 9.78 Å². The number of pyridine rings is 1. The Kier molecular flexibility index (Phi) is 5.53. The van der Waals surface area contributed by atoms with Crippen molar-refractivity contribution in [3.8, 4) is 17.6 Å². The molecule has 0 aliphatic rings. The minimum Gasteiger partial charge on any atom is -0.490 e. The summed E-state index contributed by atoms with van der Waals surface area (Å²) in [5.74, 6) is 0.640. The molecule has 0 bridgehead atoms. The number of nitriles is 1. The van der Waals surface area contributed by atoms with Gasteiger partial charge in [-0.2, -0.15) is 5.26 Å². The molecule has 1 amide bonds. The van der Waals surface area contributed by atoms with Crippen LogP contribution < -0.4 is 14.8 Å². The Bertz CT molecular complexity index is 724. The van der Waals surface area contributed by atoms with Crippen LogP contribution in [0.3, 0.4) is 0 Å². The SMILES string of the molecule is CCOc1cc(C#N)c(NC(=O)c2ccncc2)cc1OCC. The van der Waals surface area contributed by atoms with Crippen molar-refractivity contribution < 1.29 is 14.3 Å². The average Bonchev–Trinajstić information content (AvgIpc) is 2.58. The molecule has 0 saturated heterocycles. The summed E-state index contributed by atoms with van der Waals surface area (Å²) in [5.41, 5.74) is 1.14. The largest absolute Gasteiger partial charge is 0.490 e. The summed E-state index contributed by atoms with van der Waals surface area (Å²) in [6.07, 6.45) is 3.06. The van der Waals surface area contributed by atoms with Crippen LogP contribution in [0.5, 0.6) is 11.5 Å². The van der Waals surface area contributed by atoms with Crippen molar-refractivity contribution in [3.63, 3.8) is 0 Å². The van der Waals surface area contributed by atoms with E-state index in [1.54, 1.807) is 24.3 Å². The zero-order valence-corrected chi connectivity index (χ0v) is 13.0. The molecule has 0 unspecified atom stereocenters. The van der Waals surface area contributed by atoms with Crippen molar-refractivity contribution in [1.82, 2.24) is 4.98 Å². The molecule has 6 nitrogen and oxygen atoms in total. The Morgan fingerprint density at radius 1 is 1.17 bits per heavy atom. The molecular weight excluding hydrogens is 294 g/mol. The van der Waals surface area contributed by atoms with Gasteiger partial charge in [-0.15, -0.1) is 0 Å². The van der Waals surface area contributed by atoms with E-state index in [-0.39, 0.29) is 5.91 Å². The fourth-order valence-electron chi connectivity index (χ4n) is 1.99. The number of hydrogen-bond donors (Lipinski definition) is 1. The molecular formula is C17H17N3O3. The van der Waals surface area contributed by atoms with Crippen molar-refractivity contribution >= 4 is 11.6 Å². The van der Waals surface area contributed by atoms with Crippen LogP contribution in [-0.2, 0) is 0 Å². The lowest BCUT2D eigenvalue weighted by Gasteiger charge is -2.14. The molecule has 1 N–H and O–H groups in total. The van der Waals surface area contributed by atoms with Crippen LogP contribution in [0.25, 0.3) is 0 Å². The minimum atomic E-state index is -0.324. The predicted octanol–water partition coefficient (Wildman–Crippen LogP) is 3.00. The fraction of sp³-hybridized carbons (Fsp3) is 0.235. The zero-order valence-electron chi connectivity index (χ0n) is 13.0. The summed E-state index contributed by atoms with van der Waals surface area (Å²) >= 11 is 0. The van der Waals surface area contributed by atoms with Gasteiger partial charge < -0.3 is 14.8 Å². The van der Waals surface area contributed by atoms with Crippen LogP contribution in [0.15, 0.2) is 36.7 Å². The summed E-state index contributed by atoms with van der Waals surface area (Å²) in [7, 11) is 0. The molecule has 0 saturated carbocycles. The van der Waals surface area contributed by atoms with Crippen LogP contribution in [0.4, 0.5) is 5.69 Å². The number of benzene rings is 1. The first-order chi connectivity index (χ1) is 11.2. The Hall–Kier alpha value is -3.07. The molecule has 0 spiro atoms. The highest BCUT2D eigenvalue weighted by molar-refractivity contribution is 6.05. The lowest BCUT2D eigenvalue weighted by molar-refractivity contribution is 0.102. The van der Waals surface area contributed by atoms with Crippen molar-refractivity contribution in [2.45, 2.75) is 13.8 Å². The number of hydrogen-bond acceptors (Lipinski definition) is 5. The number of nitrogens with zero attached hydrogens (tertiary/aromatic N) is 2. The molecule has 2 rings (SSSR count). The van der Waals surface area contributed by atoms with Gasteiger partial charge in [0, 0.05) is 30.1 Å². The first-order valence-corrected chi connectivity index (χ1v) is 7.24. The first-order valence-electron chi connectivity index (χ1n) is 7.24. The number of carbonyl (C=O) groups excluding carboxylic acids is 1. The number of nitrogens with one attached hydrogen (secondary N) is 1. The lowest BCUT2D eigenvalue weighted by atomic mass is 10.1. The van der Waals surface area contributed by atoms with Gasteiger partial charge in [-0.1, -0.05) is 0 Å². The van der Waals surface area contributed by atoms with Gasteiger partial charge in [0.2, 0.25) is 0 Å². The Morgan fingerprint density at radius 2 is 1.78 bits per heavy atom. The fourth-order valence-corrected chi connectivity index (χ4v) is 1.99. The van der Waals surface area contributed by atoms with E-state index in [9.17, 15) is 10.1 Å². The Morgan fingerprint density at radius 3 is 2.35 bits per heavy atom. The predicted molar refractivity (Wildman–Crippen MR) is 85.7 cm³/mol. The van der Waals surface area contributed by atoms with Gasteiger partial charge >= 0.3 is 0 Å². The van der Waals surface area contributed by atoms with Crippen LogP contribution in [0.2, 0.25) is 0 Å². The number of amides is 1. The van der Waals surface area contributed by atoms with Gasteiger partial charge in [0.1, 0.15) is 6.07 Å². The lowest BCUT2D eigenvalue weighted by Crippen LogP contribution is -2.13. The summed E-state index contributed by atoms with van der Waals surface area (Å²) in [6, 6.07) is 8.42. The molecule has 0 atom stereocenters. The van der Waals surface area contributed by atoms with Gasteiger partial charge in [0.15, 0.2) is 11.5 Å². The van der Waals surface area contributed by atoms with Crippen LogP contribution in [-0.4, -0.2) is 24.1 Å². The van der Waals surface area contributed by atoms with E-state index in [1.165, 1.54) is 12.4 Å². The molecule has 118 valence electrons. The molecule has 0 radical (unpaired) electrons.